The maximum Gasteiger partial charge on any atom is 0.330 e. The standard InChI is InChI=1S/C28H31N3O8S/c29-22(27(34)35)13-14-24(32)30-23(26(33)31-25(28(36)37)20-8-2-1-3-9-20)17-40(38,39)16-15-19-11-6-10-18-7-4-5-12-21(18)19/h1-12,22-23,25H,13-17,29H2,(H,30,32)(H,31,33)(H,34,35)(H,36,37)/t22-,23-,25?/m0/s1/i/hD. The molecule has 3 rings (SSSR count). The van der Waals surface area contributed by atoms with Crippen molar-refractivity contribution in [2.45, 2.75) is 37.4 Å². The fourth-order valence-electron chi connectivity index (χ4n) is 4.08. The lowest BCUT2D eigenvalue weighted by Gasteiger charge is -2.22. The summed E-state index contributed by atoms with van der Waals surface area (Å²) in [7, 11) is -4.08. The summed E-state index contributed by atoms with van der Waals surface area (Å²) in [6.45, 7) is 0. The number of carboxylic acids is 2. The molecule has 0 saturated heterocycles. The molecule has 0 aliphatic heterocycles. The maximum absolute atomic E-state index is 13.3. The summed E-state index contributed by atoms with van der Waals surface area (Å²) in [5.74, 6) is -6.37. The molecule has 3 aromatic carbocycles. The van der Waals surface area contributed by atoms with Crippen molar-refractivity contribution in [2.24, 2.45) is 5.73 Å². The molecule has 0 bridgehead atoms. The second-order valence-electron chi connectivity index (χ2n) is 9.22. The van der Waals surface area contributed by atoms with Crippen LogP contribution in [0.4, 0.5) is 0 Å². The van der Waals surface area contributed by atoms with Crippen molar-refractivity contribution < 1.29 is 39.2 Å². The quantitative estimate of drug-likeness (QED) is 0.191. The lowest BCUT2D eigenvalue weighted by Crippen LogP contribution is -2.52. The van der Waals surface area contributed by atoms with Gasteiger partial charge in [-0.25, -0.2) is 13.2 Å². The summed E-state index contributed by atoms with van der Waals surface area (Å²) in [5.41, 5.74) is 6.38. The Morgan fingerprint density at radius 2 is 1.55 bits per heavy atom. The average Bonchev–Trinajstić information content (AvgIpc) is 2.95. The van der Waals surface area contributed by atoms with Gasteiger partial charge in [-0.1, -0.05) is 72.8 Å². The van der Waals surface area contributed by atoms with Gasteiger partial charge in [0.15, 0.2) is 17.3 Å². The molecule has 0 fully saturated rings. The van der Waals surface area contributed by atoms with Gasteiger partial charge in [0.25, 0.3) is 0 Å². The van der Waals surface area contributed by atoms with Crippen LogP contribution in [0.2, 0.25) is 1.41 Å². The van der Waals surface area contributed by atoms with Crippen molar-refractivity contribution in [3.05, 3.63) is 83.9 Å². The van der Waals surface area contributed by atoms with E-state index in [0.29, 0.717) is 0 Å². The summed E-state index contributed by atoms with van der Waals surface area (Å²) in [5, 5.41) is 22.8. The first kappa shape index (κ1) is 28.7. The van der Waals surface area contributed by atoms with Crippen molar-refractivity contribution >= 4 is 44.4 Å². The van der Waals surface area contributed by atoms with Crippen LogP contribution >= 0.6 is 0 Å². The van der Waals surface area contributed by atoms with Gasteiger partial charge in [-0.05, 0) is 34.7 Å². The number of aryl methyl sites for hydroxylation is 1. The highest BCUT2D eigenvalue weighted by molar-refractivity contribution is 7.91. The van der Waals surface area contributed by atoms with E-state index in [0.717, 1.165) is 16.3 Å². The van der Waals surface area contributed by atoms with Gasteiger partial charge in [-0.3, -0.25) is 14.4 Å². The van der Waals surface area contributed by atoms with Gasteiger partial charge in [0, 0.05) is 6.42 Å². The van der Waals surface area contributed by atoms with Gasteiger partial charge in [0.1, 0.15) is 12.1 Å². The Morgan fingerprint density at radius 1 is 0.900 bits per heavy atom. The molecule has 0 spiro atoms. The first-order chi connectivity index (χ1) is 19.4. The molecule has 0 saturated carbocycles. The van der Waals surface area contributed by atoms with Crippen molar-refractivity contribution in [3.8, 4) is 0 Å². The van der Waals surface area contributed by atoms with Gasteiger partial charge in [-0.2, -0.15) is 0 Å². The number of hydrogen-bond acceptors (Lipinski definition) is 7. The maximum atomic E-state index is 13.3. The minimum absolute atomic E-state index is 0.0964. The third kappa shape index (κ3) is 8.61. The fourth-order valence-corrected chi connectivity index (χ4v) is 5.49. The molecule has 2 amide bonds. The molecule has 11 nitrogen and oxygen atoms in total. The van der Waals surface area contributed by atoms with Gasteiger partial charge in [-0.15, -0.1) is 0 Å². The predicted molar refractivity (Wildman–Crippen MR) is 148 cm³/mol. The summed E-state index contributed by atoms with van der Waals surface area (Å²) in [4.78, 5) is 48.9. The molecule has 3 aromatic rings. The highest BCUT2D eigenvalue weighted by atomic mass is 32.2. The number of hydrogen-bond donors (Lipinski definition) is 5. The number of fused-ring (bicyclic) bond motifs is 1. The van der Waals surface area contributed by atoms with E-state index < -0.39 is 69.6 Å². The summed E-state index contributed by atoms with van der Waals surface area (Å²) >= 11 is 0. The van der Waals surface area contributed by atoms with Crippen molar-refractivity contribution in [1.29, 1.82) is 0 Å². The zero-order valence-electron chi connectivity index (χ0n) is 22.5. The lowest BCUT2D eigenvalue weighted by molar-refractivity contribution is -0.142. The minimum Gasteiger partial charge on any atom is -0.480 e. The number of benzene rings is 3. The van der Waals surface area contributed by atoms with Gasteiger partial charge < -0.3 is 26.6 Å². The van der Waals surface area contributed by atoms with Crippen LogP contribution in [0.1, 0.15) is 30.0 Å². The van der Waals surface area contributed by atoms with Gasteiger partial charge >= 0.3 is 11.9 Å². The van der Waals surface area contributed by atoms with Crippen LogP contribution in [0, 0.1) is 0 Å². The van der Waals surface area contributed by atoms with Crippen LogP contribution in [0.3, 0.4) is 0 Å². The molecule has 0 aliphatic carbocycles. The predicted octanol–water partition coefficient (Wildman–Crippen LogP) is 1.42. The van der Waals surface area contributed by atoms with E-state index in [2.05, 4.69) is 5.32 Å². The second-order valence-corrected chi connectivity index (χ2v) is 11.4. The number of amides is 2. The van der Waals surface area contributed by atoms with E-state index >= 15 is 0 Å². The Morgan fingerprint density at radius 3 is 2.23 bits per heavy atom. The van der Waals surface area contributed by atoms with E-state index in [1.165, 1.54) is 12.1 Å². The number of nitrogens with two attached hydrogens (primary N) is 1. The third-order valence-electron chi connectivity index (χ3n) is 6.23. The van der Waals surface area contributed by atoms with E-state index in [9.17, 15) is 32.7 Å². The average molecular weight is 571 g/mol. The number of carbonyl (C=O) groups is 4. The Bertz CT molecular complexity index is 1510. The van der Waals surface area contributed by atoms with Crippen molar-refractivity contribution in [2.75, 3.05) is 11.5 Å². The molecule has 12 heteroatoms. The molecule has 0 radical (unpaired) electrons. The topological polar surface area (TPSA) is 193 Å². The Kier molecular flexibility index (Phi) is 9.81. The first-order valence-electron chi connectivity index (χ1n) is 12.9. The van der Waals surface area contributed by atoms with Crippen LogP contribution < -0.4 is 16.4 Å². The third-order valence-corrected chi connectivity index (χ3v) is 7.88. The van der Waals surface area contributed by atoms with Gasteiger partial charge in [0.05, 0.1) is 11.5 Å². The van der Waals surface area contributed by atoms with Crippen LogP contribution in [-0.4, -0.2) is 66.0 Å². The Balaban J connectivity index is 1.83. The van der Waals surface area contributed by atoms with Crippen LogP contribution in [0.5, 0.6) is 0 Å². The van der Waals surface area contributed by atoms with Crippen LogP contribution in [0.25, 0.3) is 10.8 Å². The highest BCUT2D eigenvalue weighted by Crippen LogP contribution is 2.20. The number of aliphatic carboxylic acids is 2. The van der Waals surface area contributed by atoms with E-state index in [-0.39, 0.29) is 23.7 Å². The molecule has 212 valence electrons. The summed E-state index contributed by atoms with van der Waals surface area (Å²) < 4.78 is 34.7. The summed E-state index contributed by atoms with van der Waals surface area (Å²) in [6.07, 6.45) is -0.801. The Labute approximate surface area is 232 Å². The molecule has 1 unspecified atom stereocenters. The molecule has 3 atom stereocenters. The lowest BCUT2D eigenvalue weighted by atomic mass is 10.0. The number of sulfone groups is 1. The first-order valence-corrected chi connectivity index (χ1v) is 14.3. The van der Waals surface area contributed by atoms with Crippen LogP contribution in [-0.2, 0) is 35.4 Å². The number of carbonyl (C=O) groups excluding carboxylic acids is 2. The molecular formula is C28H31N3O8S. The Hall–Kier alpha value is -4.29. The number of rotatable bonds is 14. The van der Waals surface area contributed by atoms with E-state index in [1.54, 1.807) is 30.3 Å². The van der Waals surface area contributed by atoms with Crippen LogP contribution in [0.15, 0.2) is 72.8 Å². The molecule has 0 aliphatic rings. The monoisotopic (exact) mass is 570 g/mol. The molecule has 0 aromatic heterocycles. The molecular weight excluding hydrogens is 538 g/mol. The zero-order chi connectivity index (χ0) is 30.2. The summed E-state index contributed by atoms with van der Waals surface area (Å²) in [6, 6.07) is 15.7. The smallest absolute Gasteiger partial charge is 0.330 e. The molecule has 0 heterocycles. The normalized spacial score (nSPS) is 14.0. The molecule has 6 N–H and O–H groups in total. The largest absolute Gasteiger partial charge is 0.480 e. The SMILES string of the molecule is [2H]N(C(=O)CC[C@H](N)C(=O)O)[C@@H](CS(=O)(=O)CCc1cccc2ccccc12)C(=O)NC(C(=O)O)c1ccccc1. The fraction of sp³-hybridized carbons (Fsp3) is 0.286. The second kappa shape index (κ2) is 13.7. The number of carboxylic acid groups (broad SMARTS) is 2. The zero-order valence-corrected chi connectivity index (χ0v) is 22.3. The number of nitrogens with one attached hydrogen (secondary N) is 2. The van der Waals surface area contributed by atoms with E-state index in [1.807, 2.05) is 30.3 Å². The highest BCUT2D eigenvalue weighted by Gasteiger charge is 2.31. The van der Waals surface area contributed by atoms with Crippen molar-refractivity contribution in [3.63, 3.8) is 0 Å². The van der Waals surface area contributed by atoms with E-state index in [4.69, 9.17) is 12.3 Å². The minimum atomic E-state index is -4.08. The van der Waals surface area contributed by atoms with Crippen molar-refractivity contribution in [1.82, 2.24) is 10.6 Å². The van der Waals surface area contributed by atoms with Gasteiger partial charge in [0.2, 0.25) is 11.8 Å². The molecule has 40 heavy (non-hydrogen) atoms.